The number of hydrogen-bond donors (Lipinski definition) is 3. The number of aromatic amines is 1. The number of rotatable bonds is 7. The molecule has 0 bridgehead atoms. The summed E-state index contributed by atoms with van der Waals surface area (Å²) in [6.45, 7) is 1.56. The molecule has 2 rings (SSSR count). The molecule has 6 nitrogen and oxygen atoms in total. The first-order valence-electron chi connectivity index (χ1n) is 6.73. The van der Waals surface area contributed by atoms with Crippen LogP contribution in [0.1, 0.15) is 19.3 Å². The minimum atomic E-state index is -0.177. The highest BCUT2D eigenvalue weighted by Gasteiger charge is 2.03. The normalized spacial score (nSPS) is 10.8. The predicted molar refractivity (Wildman–Crippen MR) is 81.0 cm³/mol. The quantitative estimate of drug-likeness (QED) is 0.529. The number of nitrogens with one attached hydrogen (secondary N) is 2. The molecule has 6 heteroatoms. The number of fused-ring (bicyclic) bond motifs is 1. The van der Waals surface area contributed by atoms with Crippen molar-refractivity contribution in [1.29, 1.82) is 0 Å². The predicted octanol–water partition coefficient (Wildman–Crippen LogP) is 1.73. The highest BCUT2D eigenvalue weighted by atomic mass is 16.5. The molecule has 1 aromatic carbocycles. The molecule has 0 unspecified atom stereocenters. The second-order valence-electron chi connectivity index (χ2n) is 4.67. The zero-order valence-electron chi connectivity index (χ0n) is 11.6. The Morgan fingerprint density at radius 1 is 1.35 bits per heavy atom. The molecule has 0 aliphatic rings. The lowest BCUT2D eigenvalue weighted by atomic mass is 10.2. The second-order valence-corrected chi connectivity index (χ2v) is 4.67. The molecule has 1 heterocycles. The first-order valence-corrected chi connectivity index (χ1v) is 6.73. The SMILES string of the molecule is COCCCCCNc1nc2ccc(N)cc2c(=O)[nH]1. The first kappa shape index (κ1) is 14.3. The molecule has 0 saturated carbocycles. The van der Waals surface area contributed by atoms with Crippen LogP contribution < -0.4 is 16.6 Å². The van der Waals surface area contributed by atoms with Crippen LogP contribution in [0, 0.1) is 0 Å². The maximum atomic E-state index is 11.9. The molecule has 0 saturated heterocycles. The van der Waals surface area contributed by atoms with Gasteiger partial charge in [0.1, 0.15) is 0 Å². The monoisotopic (exact) mass is 276 g/mol. The molecule has 1 aromatic heterocycles. The van der Waals surface area contributed by atoms with Gasteiger partial charge in [0.15, 0.2) is 0 Å². The molecule has 0 aliphatic carbocycles. The van der Waals surface area contributed by atoms with Gasteiger partial charge in [-0.25, -0.2) is 4.98 Å². The Kier molecular flexibility index (Phi) is 4.95. The maximum absolute atomic E-state index is 11.9. The third-order valence-corrected chi connectivity index (χ3v) is 3.05. The van der Waals surface area contributed by atoms with Gasteiger partial charge in [-0.2, -0.15) is 0 Å². The van der Waals surface area contributed by atoms with Gasteiger partial charge in [0.25, 0.3) is 5.56 Å². The molecule has 0 amide bonds. The van der Waals surface area contributed by atoms with Gasteiger partial charge in [0.05, 0.1) is 10.9 Å². The Morgan fingerprint density at radius 3 is 3.00 bits per heavy atom. The molecule has 2 aromatic rings. The average Bonchev–Trinajstić information content (AvgIpc) is 2.43. The third-order valence-electron chi connectivity index (χ3n) is 3.05. The van der Waals surface area contributed by atoms with Crippen LogP contribution in [-0.4, -0.2) is 30.2 Å². The Labute approximate surface area is 117 Å². The van der Waals surface area contributed by atoms with Gasteiger partial charge in [-0.1, -0.05) is 0 Å². The van der Waals surface area contributed by atoms with E-state index in [0.717, 1.165) is 32.4 Å². The molecule has 0 atom stereocenters. The molecule has 20 heavy (non-hydrogen) atoms. The minimum absolute atomic E-state index is 0.177. The van der Waals surface area contributed by atoms with Crippen LogP contribution >= 0.6 is 0 Å². The van der Waals surface area contributed by atoms with Gasteiger partial charge < -0.3 is 15.8 Å². The van der Waals surface area contributed by atoms with Crippen molar-refractivity contribution in [3.63, 3.8) is 0 Å². The number of anilines is 2. The Balaban J connectivity index is 1.98. The fourth-order valence-electron chi connectivity index (χ4n) is 1.99. The van der Waals surface area contributed by atoms with Crippen molar-refractivity contribution in [2.24, 2.45) is 0 Å². The number of nitrogen functional groups attached to an aromatic ring is 1. The maximum Gasteiger partial charge on any atom is 0.260 e. The fraction of sp³-hybridized carbons (Fsp3) is 0.429. The molecule has 0 radical (unpaired) electrons. The van der Waals surface area contributed by atoms with E-state index in [0.29, 0.717) is 22.5 Å². The summed E-state index contributed by atoms with van der Waals surface area (Å²) in [5.41, 5.74) is 6.69. The summed E-state index contributed by atoms with van der Waals surface area (Å²) < 4.78 is 4.99. The van der Waals surface area contributed by atoms with Crippen molar-refractivity contribution >= 4 is 22.5 Å². The molecule has 0 spiro atoms. The summed E-state index contributed by atoms with van der Waals surface area (Å²) in [6.07, 6.45) is 3.13. The van der Waals surface area contributed by atoms with E-state index < -0.39 is 0 Å². The average molecular weight is 276 g/mol. The van der Waals surface area contributed by atoms with Gasteiger partial charge >= 0.3 is 0 Å². The molecular weight excluding hydrogens is 256 g/mol. The molecule has 0 aliphatic heterocycles. The zero-order valence-corrected chi connectivity index (χ0v) is 11.6. The van der Waals surface area contributed by atoms with Gasteiger partial charge in [-0.15, -0.1) is 0 Å². The highest BCUT2D eigenvalue weighted by molar-refractivity contribution is 5.81. The summed E-state index contributed by atoms with van der Waals surface area (Å²) >= 11 is 0. The highest BCUT2D eigenvalue weighted by Crippen LogP contribution is 2.12. The summed E-state index contributed by atoms with van der Waals surface area (Å²) in [5, 5.41) is 3.64. The lowest BCUT2D eigenvalue weighted by Crippen LogP contribution is -2.14. The van der Waals surface area contributed by atoms with Crippen LogP contribution in [0.3, 0.4) is 0 Å². The molecule has 4 N–H and O–H groups in total. The van der Waals surface area contributed by atoms with Crippen LogP contribution in [0.2, 0.25) is 0 Å². The second kappa shape index (κ2) is 6.91. The largest absolute Gasteiger partial charge is 0.399 e. The number of nitrogens with zero attached hydrogens (tertiary/aromatic N) is 1. The summed E-state index contributed by atoms with van der Waals surface area (Å²) in [7, 11) is 1.70. The van der Waals surface area contributed by atoms with Crippen LogP contribution in [0.4, 0.5) is 11.6 Å². The standard InChI is InChI=1S/C14H20N4O2/c1-20-8-4-2-3-7-16-14-17-12-6-5-10(15)9-11(12)13(19)18-14/h5-6,9H,2-4,7-8,15H2,1H3,(H2,16,17,18,19). The Bertz CT molecular complexity index is 624. The number of methoxy groups -OCH3 is 1. The summed E-state index contributed by atoms with van der Waals surface area (Å²) in [5.74, 6) is 0.499. The third kappa shape index (κ3) is 3.71. The van der Waals surface area contributed by atoms with E-state index >= 15 is 0 Å². The van der Waals surface area contributed by atoms with Crippen molar-refractivity contribution in [3.05, 3.63) is 28.6 Å². The van der Waals surface area contributed by atoms with Gasteiger partial charge in [0, 0.05) is 25.9 Å². The van der Waals surface area contributed by atoms with E-state index in [1.807, 2.05) is 0 Å². The van der Waals surface area contributed by atoms with Crippen LogP contribution in [0.5, 0.6) is 0 Å². The van der Waals surface area contributed by atoms with Crippen molar-refractivity contribution in [1.82, 2.24) is 9.97 Å². The van der Waals surface area contributed by atoms with Gasteiger partial charge in [-0.05, 0) is 37.5 Å². The number of nitrogens with two attached hydrogens (primary N) is 1. The number of hydrogen-bond acceptors (Lipinski definition) is 5. The van der Waals surface area contributed by atoms with Crippen LogP contribution in [0.25, 0.3) is 10.9 Å². The van der Waals surface area contributed by atoms with E-state index in [1.165, 1.54) is 0 Å². The van der Waals surface area contributed by atoms with Crippen molar-refractivity contribution in [3.8, 4) is 0 Å². The van der Waals surface area contributed by atoms with E-state index in [-0.39, 0.29) is 5.56 Å². The van der Waals surface area contributed by atoms with Crippen LogP contribution in [-0.2, 0) is 4.74 Å². The summed E-state index contributed by atoms with van der Waals surface area (Å²) in [4.78, 5) is 19.0. The number of benzene rings is 1. The van der Waals surface area contributed by atoms with Crippen molar-refractivity contribution < 1.29 is 4.74 Å². The van der Waals surface area contributed by atoms with Gasteiger partial charge in [0.2, 0.25) is 5.95 Å². The Hall–Kier alpha value is -2.08. The molecule has 108 valence electrons. The first-order chi connectivity index (χ1) is 9.70. The zero-order chi connectivity index (χ0) is 14.4. The van der Waals surface area contributed by atoms with E-state index in [2.05, 4.69) is 15.3 Å². The van der Waals surface area contributed by atoms with Gasteiger partial charge in [-0.3, -0.25) is 9.78 Å². The van der Waals surface area contributed by atoms with E-state index in [9.17, 15) is 4.79 Å². The minimum Gasteiger partial charge on any atom is -0.399 e. The lowest BCUT2D eigenvalue weighted by molar-refractivity contribution is 0.192. The van der Waals surface area contributed by atoms with E-state index in [4.69, 9.17) is 10.5 Å². The summed E-state index contributed by atoms with van der Waals surface area (Å²) in [6, 6.07) is 5.13. The topological polar surface area (TPSA) is 93.0 Å². The number of ether oxygens (including phenoxy) is 1. The smallest absolute Gasteiger partial charge is 0.260 e. The van der Waals surface area contributed by atoms with Crippen molar-refractivity contribution in [2.75, 3.05) is 31.3 Å². The molecular formula is C14H20N4O2. The van der Waals surface area contributed by atoms with E-state index in [1.54, 1.807) is 25.3 Å². The Morgan fingerprint density at radius 2 is 2.20 bits per heavy atom. The molecule has 0 fully saturated rings. The number of aromatic nitrogens is 2. The number of unbranched alkanes of at least 4 members (excludes halogenated alkanes) is 2. The lowest BCUT2D eigenvalue weighted by Gasteiger charge is -2.06. The van der Waals surface area contributed by atoms with Crippen LogP contribution in [0.15, 0.2) is 23.0 Å². The number of H-pyrrole nitrogens is 1. The van der Waals surface area contributed by atoms with Crippen molar-refractivity contribution in [2.45, 2.75) is 19.3 Å². The fourth-order valence-corrected chi connectivity index (χ4v) is 1.99.